The number of ether oxygens (including phenoxy) is 1. The molecule has 212 valence electrons. The summed E-state index contributed by atoms with van der Waals surface area (Å²) in [4.78, 5) is 43.2. The zero-order valence-electron chi connectivity index (χ0n) is 22.3. The summed E-state index contributed by atoms with van der Waals surface area (Å²) in [6.07, 6.45) is -1.80. The van der Waals surface area contributed by atoms with Gasteiger partial charge in [-0.3, -0.25) is 9.59 Å². The molecule has 0 heterocycles. The molecule has 0 aliphatic rings. The molecule has 0 aliphatic heterocycles. The van der Waals surface area contributed by atoms with Crippen molar-refractivity contribution in [3.8, 4) is 0 Å². The van der Waals surface area contributed by atoms with Crippen LogP contribution < -0.4 is 69.3 Å². The zero-order chi connectivity index (χ0) is 28.3. The topological polar surface area (TPSA) is 265 Å². The zero-order valence-corrected chi connectivity index (χ0v) is 26.3. The predicted octanol–water partition coefficient (Wildman–Crippen LogP) is -10.4. The predicted molar refractivity (Wildman–Crippen MR) is 116 cm³/mol. The SMILES string of the molecule is CCCCCCCCCC(O)OC(=O)CC(O)(CC(=O)[O-])C(=O)[O-].O=C(CO)[C@H](O)[C@@H](O)[C@H](O)CO.[Na+].[Na+]. The van der Waals surface area contributed by atoms with E-state index in [1.807, 2.05) is 0 Å². The van der Waals surface area contributed by atoms with Crippen LogP contribution in [-0.2, 0) is 23.9 Å². The van der Waals surface area contributed by atoms with Gasteiger partial charge in [-0.15, -0.1) is 0 Å². The van der Waals surface area contributed by atoms with Crippen LogP contribution in [0.3, 0.4) is 0 Å². The first-order chi connectivity index (χ1) is 16.7. The van der Waals surface area contributed by atoms with E-state index in [4.69, 9.17) is 25.5 Å². The molecule has 0 bridgehead atoms. The van der Waals surface area contributed by atoms with Crippen molar-refractivity contribution in [1.29, 1.82) is 0 Å². The van der Waals surface area contributed by atoms with E-state index < -0.39 is 79.9 Å². The van der Waals surface area contributed by atoms with Crippen molar-refractivity contribution in [1.82, 2.24) is 0 Å². The van der Waals surface area contributed by atoms with Crippen molar-refractivity contribution in [3.63, 3.8) is 0 Å². The van der Waals surface area contributed by atoms with E-state index in [2.05, 4.69) is 11.7 Å². The van der Waals surface area contributed by atoms with Crippen molar-refractivity contribution in [2.75, 3.05) is 13.2 Å². The fourth-order valence-electron chi connectivity index (χ4n) is 2.82. The molecule has 0 aromatic carbocycles. The Bertz CT molecular complexity index is 666. The van der Waals surface area contributed by atoms with Crippen LogP contribution in [0.4, 0.5) is 0 Å². The van der Waals surface area contributed by atoms with Gasteiger partial charge in [0.25, 0.3) is 0 Å². The number of aliphatic hydroxyl groups is 7. The Labute approximate surface area is 265 Å². The normalized spacial score (nSPS) is 15.1. The third-order valence-electron chi connectivity index (χ3n) is 4.97. The minimum atomic E-state index is -2.92. The second-order valence-corrected chi connectivity index (χ2v) is 8.21. The molecule has 14 nitrogen and oxygen atoms in total. The van der Waals surface area contributed by atoms with Gasteiger partial charge in [0, 0.05) is 18.8 Å². The number of carbonyl (C=O) groups is 4. The third kappa shape index (κ3) is 21.6. The number of hydrogen-bond acceptors (Lipinski definition) is 14. The monoisotopic (exact) mass is 572 g/mol. The molecule has 0 fully saturated rings. The van der Waals surface area contributed by atoms with E-state index in [0.29, 0.717) is 6.42 Å². The Morgan fingerprint density at radius 2 is 1.34 bits per heavy atom. The van der Waals surface area contributed by atoms with Crippen LogP contribution in [0.5, 0.6) is 0 Å². The fourth-order valence-corrected chi connectivity index (χ4v) is 2.82. The van der Waals surface area contributed by atoms with Crippen LogP contribution in [-0.4, -0.2) is 103 Å². The van der Waals surface area contributed by atoms with Gasteiger partial charge in [0.2, 0.25) is 6.29 Å². The van der Waals surface area contributed by atoms with E-state index in [9.17, 15) is 39.6 Å². The van der Waals surface area contributed by atoms with Gasteiger partial charge in [-0.25, -0.2) is 0 Å². The number of esters is 1. The smallest absolute Gasteiger partial charge is 0.550 e. The van der Waals surface area contributed by atoms with E-state index in [0.717, 1.165) is 32.1 Å². The number of aliphatic hydroxyl groups excluding tert-OH is 6. The molecule has 2 unspecified atom stereocenters. The first-order valence-electron chi connectivity index (χ1n) is 11.6. The maximum absolute atomic E-state index is 11.5. The van der Waals surface area contributed by atoms with Crippen LogP contribution >= 0.6 is 0 Å². The molecule has 16 heteroatoms. The summed E-state index contributed by atoms with van der Waals surface area (Å²) in [6.45, 7) is 0.437. The van der Waals surface area contributed by atoms with Crippen molar-refractivity contribution in [2.45, 2.75) is 101 Å². The molecular weight excluding hydrogens is 534 g/mol. The first-order valence-corrected chi connectivity index (χ1v) is 11.6. The maximum atomic E-state index is 11.5. The van der Waals surface area contributed by atoms with Gasteiger partial charge in [-0.05, 0) is 6.42 Å². The first kappa shape index (κ1) is 44.8. The van der Waals surface area contributed by atoms with Crippen molar-refractivity contribution in [2.24, 2.45) is 0 Å². The molecule has 0 radical (unpaired) electrons. The Morgan fingerprint density at radius 3 is 1.76 bits per heavy atom. The van der Waals surface area contributed by atoms with Crippen LogP contribution in [0.2, 0.25) is 0 Å². The van der Waals surface area contributed by atoms with Gasteiger partial charge in [0.1, 0.15) is 30.5 Å². The van der Waals surface area contributed by atoms with Gasteiger partial charge in [0.15, 0.2) is 5.78 Å². The molecule has 0 amide bonds. The molecule has 0 aromatic rings. The number of rotatable bonds is 19. The molecule has 0 spiro atoms. The molecule has 38 heavy (non-hydrogen) atoms. The molecule has 0 rings (SSSR count). The average molecular weight is 573 g/mol. The van der Waals surface area contributed by atoms with E-state index in [-0.39, 0.29) is 65.5 Å². The quantitative estimate of drug-likeness (QED) is 0.0328. The summed E-state index contributed by atoms with van der Waals surface area (Å²) in [5, 5.41) is 83.4. The summed E-state index contributed by atoms with van der Waals surface area (Å²) >= 11 is 0. The molecular formula is C22H38Na2O14. The second kappa shape index (κ2) is 25.7. The Balaban J connectivity index is -0.000000351. The molecule has 0 aromatic heterocycles. The van der Waals surface area contributed by atoms with E-state index in [1.54, 1.807) is 0 Å². The fraction of sp³-hybridized carbons (Fsp3) is 0.818. The minimum absolute atomic E-state index is 0. The summed E-state index contributed by atoms with van der Waals surface area (Å²) in [7, 11) is 0. The van der Waals surface area contributed by atoms with Crippen LogP contribution in [0, 0.1) is 0 Å². The number of ketones is 1. The second-order valence-electron chi connectivity index (χ2n) is 8.21. The van der Waals surface area contributed by atoms with E-state index in [1.165, 1.54) is 6.42 Å². The van der Waals surface area contributed by atoms with Gasteiger partial charge < -0.3 is 60.3 Å². The Hall–Kier alpha value is -0.200. The number of carboxylic acid groups (broad SMARTS) is 2. The van der Waals surface area contributed by atoms with Crippen molar-refractivity contribution in [3.05, 3.63) is 0 Å². The number of carboxylic acids is 2. The molecule has 5 atom stereocenters. The van der Waals surface area contributed by atoms with Crippen molar-refractivity contribution < 1.29 is 129 Å². The van der Waals surface area contributed by atoms with Gasteiger partial charge in [-0.2, -0.15) is 0 Å². The molecule has 0 saturated carbocycles. The number of aliphatic carboxylic acids is 2. The van der Waals surface area contributed by atoms with Crippen LogP contribution in [0.1, 0.15) is 71.1 Å². The summed E-state index contributed by atoms with van der Waals surface area (Å²) < 4.78 is 4.58. The minimum Gasteiger partial charge on any atom is -0.550 e. The van der Waals surface area contributed by atoms with Gasteiger partial charge in [-0.1, -0.05) is 45.4 Å². The van der Waals surface area contributed by atoms with E-state index >= 15 is 0 Å². The van der Waals surface area contributed by atoms with Crippen LogP contribution in [0.15, 0.2) is 0 Å². The summed E-state index contributed by atoms with van der Waals surface area (Å²) in [5.41, 5.74) is -2.92. The Morgan fingerprint density at radius 1 is 0.842 bits per heavy atom. The number of carbonyl (C=O) groups excluding carboxylic acids is 4. The number of Topliss-reactive ketones (excluding diaryl/α,β-unsaturated/α-hetero) is 1. The molecule has 0 saturated heterocycles. The summed E-state index contributed by atoms with van der Waals surface area (Å²) in [6, 6.07) is 0. The van der Waals surface area contributed by atoms with Gasteiger partial charge in [0.05, 0.1) is 19.0 Å². The van der Waals surface area contributed by atoms with Crippen molar-refractivity contribution >= 4 is 23.7 Å². The number of hydrogen-bond donors (Lipinski definition) is 7. The molecule has 0 aliphatic carbocycles. The largest absolute Gasteiger partial charge is 1.00 e. The average Bonchev–Trinajstić information content (AvgIpc) is 2.80. The maximum Gasteiger partial charge on any atom is 1.00 e. The third-order valence-corrected chi connectivity index (χ3v) is 4.97. The standard InChI is InChI=1S/C16H28O8.C6H12O6.2Na/c1-2-3-4-5-6-7-8-9-13(19)24-14(20)11-16(23,15(21)22)10-12(17)18;7-1-3(9)5(11)6(12)4(10)2-8;;/h13,19,23H,2-11H2,1H3,(H,17,18)(H,21,22);3,5-9,11-12H,1-2H2;;/q;;2*+1/p-2/t;3-,5+,6+;;/m.1../s1. The number of unbranched alkanes of at least 4 members (excludes halogenated alkanes) is 6. The Kier molecular flexibility index (Phi) is 30.4. The van der Waals surface area contributed by atoms with Gasteiger partial charge >= 0.3 is 65.1 Å². The molecule has 7 N–H and O–H groups in total. The summed E-state index contributed by atoms with van der Waals surface area (Å²) in [5.74, 6) is -6.20. The van der Waals surface area contributed by atoms with Crippen LogP contribution in [0.25, 0.3) is 0 Å².